The fraction of sp³-hybridized carbons (Fsp3) is 0.118. The van der Waals surface area contributed by atoms with E-state index in [1.54, 1.807) is 42.5 Å². The third kappa shape index (κ3) is 5.99. The normalized spacial score (nSPS) is 9.88. The minimum Gasteiger partial charge on any atom is -0.454 e. The lowest BCUT2D eigenvalue weighted by molar-refractivity contribution is -0.146. The van der Waals surface area contributed by atoms with E-state index >= 15 is 0 Å². The molecule has 0 heterocycles. The van der Waals surface area contributed by atoms with Crippen LogP contribution < -0.4 is 10.6 Å². The molecule has 0 aliphatic rings. The summed E-state index contributed by atoms with van der Waals surface area (Å²) in [5.41, 5.74) is 1.07. The van der Waals surface area contributed by atoms with E-state index in [0.717, 1.165) is 3.57 Å². The predicted molar refractivity (Wildman–Crippen MR) is 97.5 cm³/mol. The van der Waals surface area contributed by atoms with Gasteiger partial charge in [-0.05, 0) is 59.0 Å². The molecule has 0 aliphatic heterocycles. The third-order valence-electron chi connectivity index (χ3n) is 2.92. The van der Waals surface area contributed by atoms with E-state index in [1.807, 2.05) is 12.1 Å². The van der Waals surface area contributed by atoms with Gasteiger partial charge in [-0.2, -0.15) is 0 Å². The van der Waals surface area contributed by atoms with Crippen LogP contribution in [0.2, 0.25) is 0 Å². The van der Waals surface area contributed by atoms with E-state index in [-0.39, 0.29) is 12.5 Å². The van der Waals surface area contributed by atoms with Gasteiger partial charge in [0.1, 0.15) is 6.54 Å². The van der Waals surface area contributed by atoms with Crippen molar-refractivity contribution in [3.05, 3.63) is 63.7 Å². The summed E-state index contributed by atoms with van der Waals surface area (Å²) in [6.45, 7) is -0.712. The number of nitrogens with one attached hydrogen (secondary N) is 2. The zero-order valence-corrected chi connectivity index (χ0v) is 14.8. The molecule has 0 atom stereocenters. The third-order valence-corrected chi connectivity index (χ3v) is 3.64. The van der Waals surface area contributed by atoms with Crippen LogP contribution in [0.15, 0.2) is 54.6 Å². The van der Waals surface area contributed by atoms with Crippen molar-refractivity contribution in [1.29, 1.82) is 0 Å². The first-order chi connectivity index (χ1) is 11.5. The van der Waals surface area contributed by atoms with Gasteiger partial charge in [-0.15, -0.1) is 0 Å². The average molecular weight is 438 g/mol. The minimum absolute atomic E-state index is 0.301. The summed E-state index contributed by atoms with van der Waals surface area (Å²) >= 11 is 2.16. The maximum absolute atomic E-state index is 11.8. The maximum Gasteiger partial charge on any atom is 0.325 e. The topological polar surface area (TPSA) is 84.5 Å². The summed E-state index contributed by atoms with van der Waals surface area (Å²) < 4.78 is 5.87. The smallest absolute Gasteiger partial charge is 0.325 e. The summed E-state index contributed by atoms with van der Waals surface area (Å²) in [4.78, 5) is 35.0. The lowest BCUT2D eigenvalue weighted by Crippen LogP contribution is -2.32. The molecule has 0 saturated heterocycles. The summed E-state index contributed by atoms with van der Waals surface area (Å²) in [7, 11) is 0. The second-order valence-electron chi connectivity index (χ2n) is 4.76. The van der Waals surface area contributed by atoms with E-state index in [2.05, 4.69) is 33.2 Å². The fourth-order valence-electron chi connectivity index (χ4n) is 1.77. The zero-order chi connectivity index (χ0) is 17.4. The van der Waals surface area contributed by atoms with Gasteiger partial charge in [-0.1, -0.05) is 18.2 Å². The summed E-state index contributed by atoms with van der Waals surface area (Å²) in [6.07, 6.45) is 0. The molecule has 24 heavy (non-hydrogen) atoms. The number of amides is 2. The highest BCUT2D eigenvalue weighted by Crippen LogP contribution is 2.10. The van der Waals surface area contributed by atoms with Gasteiger partial charge in [0, 0.05) is 14.8 Å². The van der Waals surface area contributed by atoms with Gasteiger partial charge in [0.25, 0.3) is 11.8 Å². The quantitative estimate of drug-likeness (QED) is 0.535. The van der Waals surface area contributed by atoms with Crippen LogP contribution >= 0.6 is 22.6 Å². The molecule has 0 bridgehead atoms. The van der Waals surface area contributed by atoms with E-state index in [1.165, 1.54) is 0 Å². The number of hydrogen-bond acceptors (Lipinski definition) is 4. The number of anilines is 1. The first-order valence-electron chi connectivity index (χ1n) is 7.09. The van der Waals surface area contributed by atoms with Crippen LogP contribution in [0.4, 0.5) is 5.69 Å². The molecule has 0 aliphatic carbocycles. The molecule has 7 heteroatoms. The number of rotatable bonds is 6. The van der Waals surface area contributed by atoms with E-state index < -0.39 is 18.5 Å². The Balaban J connectivity index is 1.70. The predicted octanol–water partition coefficient (Wildman–Crippen LogP) is 2.20. The number of carbonyl (C=O) groups excluding carboxylic acids is 3. The fourth-order valence-corrected chi connectivity index (χ4v) is 2.13. The van der Waals surface area contributed by atoms with Crippen LogP contribution in [-0.2, 0) is 14.3 Å². The number of benzene rings is 2. The van der Waals surface area contributed by atoms with Gasteiger partial charge in [-0.25, -0.2) is 0 Å². The molecule has 0 unspecified atom stereocenters. The zero-order valence-electron chi connectivity index (χ0n) is 12.6. The number of carbonyl (C=O) groups is 3. The van der Waals surface area contributed by atoms with Gasteiger partial charge in [-0.3, -0.25) is 14.4 Å². The second-order valence-corrected chi connectivity index (χ2v) is 6.01. The van der Waals surface area contributed by atoms with Crippen molar-refractivity contribution in [2.75, 3.05) is 18.5 Å². The first kappa shape index (κ1) is 17.9. The molecule has 0 aromatic heterocycles. The summed E-state index contributed by atoms with van der Waals surface area (Å²) in [5, 5.41) is 5.04. The maximum atomic E-state index is 11.8. The van der Waals surface area contributed by atoms with Crippen molar-refractivity contribution < 1.29 is 19.1 Å². The Hall–Kier alpha value is -2.42. The first-order valence-corrected chi connectivity index (χ1v) is 8.17. The summed E-state index contributed by atoms with van der Waals surface area (Å²) in [6, 6.07) is 15.7. The van der Waals surface area contributed by atoms with Gasteiger partial charge >= 0.3 is 5.97 Å². The van der Waals surface area contributed by atoms with Crippen LogP contribution in [0.25, 0.3) is 0 Å². The van der Waals surface area contributed by atoms with Crippen molar-refractivity contribution in [1.82, 2.24) is 5.32 Å². The SMILES string of the molecule is O=C(COC(=O)CNC(=O)c1ccccc1)Nc1ccc(I)cc1. The lowest BCUT2D eigenvalue weighted by Gasteiger charge is -2.07. The van der Waals surface area contributed by atoms with Crippen molar-refractivity contribution in [2.24, 2.45) is 0 Å². The van der Waals surface area contributed by atoms with E-state index in [9.17, 15) is 14.4 Å². The Kier molecular flexibility index (Phi) is 6.74. The molecule has 2 aromatic rings. The highest BCUT2D eigenvalue weighted by molar-refractivity contribution is 14.1. The Labute approximate surface area is 152 Å². The monoisotopic (exact) mass is 438 g/mol. The minimum atomic E-state index is -0.683. The van der Waals surface area contributed by atoms with E-state index in [0.29, 0.717) is 11.3 Å². The molecule has 2 rings (SSSR count). The van der Waals surface area contributed by atoms with Crippen molar-refractivity contribution in [3.8, 4) is 0 Å². The number of esters is 1. The second kappa shape index (κ2) is 9.02. The standard InChI is InChI=1S/C17H15IN2O4/c18-13-6-8-14(9-7-13)20-15(21)11-24-16(22)10-19-17(23)12-4-2-1-3-5-12/h1-9H,10-11H2,(H,19,23)(H,20,21). The van der Waals surface area contributed by atoms with E-state index in [4.69, 9.17) is 4.74 Å². The van der Waals surface area contributed by atoms with Crippen LogP contribution in [0, 0.1) is 3.57 Å². The van der Waals surface area contributed by atoms with Gasteiger partial charge in [0.05, 0.1) is 0 Å². The number of hydrogen-bond donors (Lipinski definition) is 2. The van der Waals surface area contributed by atoms with Crippen LogP contribution in [-0.4, -0.2) is 30.9 Å². The van der Waals surface area contributed by atoms with Crippen LogP contribution in [0.1, 0.15) is 10.4 Å². The Morgan fingerprint density at radius 1 is 0.958 bits per heavy atom. The highest BCUT2D eigenvalue weighted by atomic mass is 127. The Morgan fingerprint density at radius 2 is 1.62 bits per heavy atom. The van der Waals surface area contributed by atoms with Crippen molar-refractivity contribution in [3.63, 3.8) is 0 Å². The molecule has 124 valence electrons. The molecular formula is C17H15IN2O4. The average Bonchev–Trinajstić information content (AvgIpc) is 2.60. The number of halogens is 1. The van der Waals surface area contributed by atoms with Gasteiger partial charge < -0.3 is 15.4 Å². The Morgan fingerprint density at radius 3 is 2.29 bits per heavy atom. The molecule has 2 amide bonds. The van der Waals surface area contributed by atoms with Crippen molar-refractivity contribution in [2.45, 2.75) is 0 Å². The lowest BCUT2D eigenvalue weighted by atomic mass is 10.2. The van der Waals surface area contributed by atoms with Crippen LogP contribution in [0.3, 0.4) is 0 Å². The summed E-state index contributed by atoms with van der Waals surface area (Å²) in [5.74, 6) is -1.51. The largest absolute Gasteiger partial charge is 0.454 e. The molecule has 0 radical (unpaired) electrons. The Bertz CT molecular complexity index is 717. The van der Waals surface area contributed by atoms with Crippen LogP contribution in [0.5, 0.6) is 0 Å². The van der Waals surface area contributed by atoms with Gasteiger partial charge in [0.2, 0.25) is 0 Å². The van der Waals surface area contributed by atoms with Gasteiger partial charge in [0.15, 0.2) is 6.61 Å². The highest BCUT2D eigenvalue weighted by Gasteiger charge is 2.10. The molecule has 0 fully saturated rings. The molecule has 0 spiro atoms. The molecule has 2 aromatic carbocycles. The molecule has 0 saturated carbocycles. The molecular weight excluding hydrogens is 423 g/mol. The molecule has 2 N–H and O–H groups in total. The molecule has 6 nitrogen and oxygen atoms in total. The number of ether oxygens (including phenoxy) is 1. The van der Waals surface area contributed by atoms with Crippen molar-refractivity contribution >= 4 is 46.1 Å².